The summed E-state index contributed by atoms with van der Waals surface area (Å²) < 4.78 is 5.23. The maximum Gasteiger partial charge on any atom is 0.260 e. The molecule has 1 fully saturated rings. The molecular weight excluding hydrogens is 354 g/mol. The van der Waals surface area contributed by atoms with E-state index in [2.05, 4.69) is 15.8 Å². The summed E-state index contributed by atoms with van der Waals surface area (Å²) in [6, 6.07) is 12.8. The van der Waals surface area contributed by atoms with Gasteiger partial charge in [-0.15, -0.1) is 0 Å². The van der Waals surface area contributed by atoms with E-state index in [4.69, 9.17) is 4.52 Å². The van der Waals surface area contributed by atoms with E-state index < -0.39 is 0 Å². The molecule has 1 aliphatic rings. The first-order valence-electron chi connectivity index (χ1n) is 9.26. The van der Waals surface area contributed by atoms with Gasteiger partial charge in [0.05, 0.1) is 6.20 Å². The van der Waals surface area contributed by atoms with Crippen molar-refractivity contribution >= 4 is 23.2 Å². The summed E-state index contributed by atoms with van der Waals surface area (Å²) in [7, 11) is 0. The molecule has 2 aromatic carbocycles. The van der Waals surface area contributed by atoms with Crippen LogP contribution in [0.2, 0.25) is 0 Å². The van der Waals surface area contributed by atoms with Gasteiger partial charge in [0.2, 0.25) is 0 Å². The topological polar surface area (TPSA) is 84.2 Å². The molecule has 2 N–H and O–H groups in total. The first-order valence-corrected chi connectivity index (χ1v) is 9.26. The molecule has 0 bridgehead atoms. The van der Waals surface area contributed by atoms with Crippen LogP contribution in [-0.4, -0.2) is 17.0 Å². The van der Waals surface area contributed by atoms with Gasteiger partial charge in [-0.3, -0.25) is 9.59 Å². The summed E-state index contributed by atoms with van der Waals surface area (Å²) in [5.41, 5.74) is 4.29. The van der Waals surface area contributed by atoms with Gasteiger partial charge in [0.1, 0.15) is 5.56 Å². The van der Waals surface area contributed by atoms with Gasteiger partial charge >= 0.3 is 0 Å². The molecule has 6 heteroatoms. The molecule has 3 aromatic rings. The van der Waals surface area contributed by atoms with Crippen LogP contribution in [0.4, 0.5) is 11.4 Å². The highest BCUT2D eigenvalue weighted by atomic mass is 16.5. The zero-order valence-corrected chi connectivity index (χ0v) is 15.8. The van der Waals surface area contributed by atoms with Crippen LogP contribution >= 0.6 is 0 Å². The molecule has 0 spiro atoms. The standard InChI is InChI=1S/C22H21N3O3/c1-13-3-6-16(7-4-13)21(26)25-19-11-17(10-5-14(19)2)24-22(27)18-12-23-28-20(18)15-8-9-15/h3-7,10-12,15H,8-9H2,1-2H3,(H,24,27)(H,25,26). The molecule has 6 nitrogen and oxygen atoms in total. The monoisotopic (exact) mass is 375 g/mol. The van der Waals surface area contributed by atoms with E-state index in [1.165, 1.54) is 6.20 Å². The number of anilines is 2. The predicted molar refractivity (Wildman–Crippen MR) is 107 cm³/mol. The quantitative estimate of drug-likeness (QED) is 0.678. The van der Waals surface area contributed by atoms with Crippen molar-refractivity contribution < 1.29 is 14.1 Å². The van der Waals surface area contributed by atoms with Crippen molar-refractivity contribution in [1.82, 2.24) is 5.16 Å². The van der Waals surface area contributed by atoms with Crippen LogP contribution in [0.1, 0.15) is 56.4 Å². The molecule has 4 rings (SSSR count). The summed E-state index contributed by atoms with van der Waals surface area (Å²) in [5.74, 6) is 0.493. The number of aromatic nitrogens is 1. The first kappa shape index (κ1) is 18.0. The number of amides is 2. The number of benzene rings is 2. The van der Waals surface area contributed by atoms with E-state index in [1.54, 1.807) is 24.3 Å². The minimum Gasteiger partial charge on any atom is -0.360 e. The summed E-state index contributed by atoms with van der Waals surface area (Å²) in [6.45, 7) is 3.88. The van der Waals surface area contributed by atoms with E-state index in [1.807, 2.05) is 32.0 Å². The third kappa shape index (κ3) is 3.81. The fourth-order valence-electron chi connectivity index (χ4n) is 2.99. The van der Waals surface area contributed by atoms with E-state index in [9.17, 15) is 9.59 Å². The number of hydrogen-bond acceptors (Lipinski definition) is 4. The smallest absolute Gasteiger partial charge is 0.260 e. The van der Waals surface area contributed by atoms with Crippen molar-refractivity contribution in [2.45, 2.75) is 32.6 Å². The van der Waals surface area contributed by atoms with Crippen molar-refractivity contribution in [1.29, 1.82) is 0 Å². The number of hydrogen-bond donors (Lipinski definition) is 2. The predicted octanol–water partition coefficient (Wildman–Crippen LogP) is 4.67. The number of carbonyl (C=O) groups excluding carboxylic acids is 2. The van der Waals surface area contributed by atoms with Crippen LogP contribution in [0.3, 0.4) is 0 Å². The third-order valence-corrected chi connectivity index (χ3v) is 4.85. The van der Waals surface area contributed by atoms with E-state index in [0.717, 1.165) is 24.0 Å². The van der Waals surface area contributed by atoms with Crippen molar-refractivity contribution in [3.63, 3.8) is 0 Å². The third-order valence-electron chi connectivity index (χ3n) is 4.85. The van der Waals surface area contributed by atoms with Crippen LogP contribution in [0.5, 0.6) is 0 Å². The second kappa shape index (κ2) is 7.31. The molecule has 2 amide bonds. The van der Waals surface area contributed by atoms with Gasteiger partial charge < -0.3 is 15.2 Å². The van der Waals surface area contributed by atoms with E-state index >= 15 is 0 Å². The van der Waals surface area contributed by atoms with Crippen LogP contribution in [-0.2, 0) is 0 Å². The van der Waals surface area contributed by atoms with E-state index in [-0.39, 0.29) is 11.8 Å². The zero-order chi connectivity index (χ0) is 19.7. The lowest BCUT2D eigenvalue weighted by Crippen LogP contribution is -2.15. The zero-order valence-electron chi connectivity index (χ0n) is 15.8. The number of nitrogens with one attached hydrogen (secondary N) is 2. The average molecular weight is 375 g/mol. The molecule has 28 heavy (non-hydrogen) atoms. The Hall–Kier alpha value is -3.41. The number of aryl methyl sites for hydroxylation is 2. The Morgan fingerprint density at radius 1 is 1.00 bits per heavy atom. The van der Waals surface area contributed by atoms with Crippen molar-refractivity contribution in [3.05, 3.63) is 76.7 Å². The summed E-state index contributed by atoms with van der Waals surface area (Å²) in [4.78, 5) is 25.1. The highest BCUT2D eigenvalue weighted by Crippen LogP contribution is 2.41. The molecule has 1 saturated carbocycles. The molecule has 1 aliphatic carbocycles. The van der Waals surface area contributed by atoms with Crippen LogP contribution in [0, 0.1) is 13.8 Å². The fraction of sp³-hybridized carbons (Fsp3) is 0.227. The van der Waals surface area contributed by atoms with Gasteiger partial charge in [0, 0.05) is 22.9 Å². The number of carbonyl (C=O) groups is 2. The van der Waals surface area contributed by atoms with E-state index in [0.29, 0.717) is 34.2 Å². The molecule has 0 saturated heterocycles. The largest absolute Gasteiger partial charge is 0.360 e. The van der Waals surface area contributed by atoms with Gasteiger partial charge in [-0.25, -0.2) is 0 Å². The molecule has 0 atom stereocenters. The van der Waals surface area contributed by atoms with Crippen molar-refractivity contribution in [2.75, 3.05) is 10.6 Å². The lowest BCUT2D eigenvalue weighted by Gasteiger charge is -2.12. The Kier molecular flexibility index (Phi) is 4.69. The van der Waals surface area contributed by atoms with Crippen molar-refractivity contribution in [2.24, 2.45) is 0 Å². The second-order valence-corrected chi connectivity index (χ2v) is 7.18. The van der Waals surface area contributed by atoms with Crippen LogP contribution in [0.25, 0.3) is 0 Å². The average Bonchev–Trinajstić information content (AvgIpc) is 3.41. The minimum absolute atomic E-state index is 0.193. The van der Waals surface area contributed by atoms with Crippen LogP contribution in [0.15, 0.2) is 53.2 Å². The maximum atomic E-state index is 12.6. The van der Waals surface area contributed by atoms with Crippen LogP contribution < -0.4 is 10.6 Å². The minimum atomic E-state index is -0.261. The normalized spacial score (nSPS) is 13.2. The Morgan fingerprint density at radius 2 is 1.75 bits per heavy atom. The highest BCUT2D eigenvalue weighted by molar-refractivity contribution is 6.07. The molecule has 1 aromatic heterocycles. The van der Waals surface area contributed by atoms with Gasteiger partial charge in [0.25, 0.3) is 11.8 Å². The lowest BCUT2D eigenvalue weighted by atomic mass is 10.1. The summed E-state index contributed by atoms with van der Waals surface area (Å²) >= 11 is 0. The molecule has 0 radical (unpaired) electrons. The molecular formula is C22H21N3O3. The number of nitrogens with zero attached hydrogens (tertiary/aromatic N) is 1. The Balaban J connectivity index is 1.50. The van der Waals surface area contributed by atoms with Gasteiger partial charge in [-0.05, 0) is 56.5 Å². The van der Waals surface area contributed by atoms with Crippen molar-refractivity contribution in [3.8, 4) is 0 Å². The number of rotatable bonds is 5. The lowest BCUT2D eigenvalue weighted by molar-refractivity contribution is 0.101. The molecule has 0 unspecified atom stereocenters. The molecule has 142 valence electrons. The Labute approximate surface area is 162 Å². The fourth-order valence-corrected chi connectivity index (χ4v) is 2.99. The molecule has 1 heterocycles. The highest BCUT2D eigenvalue weighted by Gasteiger charge is 2.32. The van der Waals surface area contributed by atoms with Gasteiger partial charge in [0.15, 0.2) is 5.76 Å². The summed E-state index contributed by atoms with van der Waals surface area (Å²) in [5, 5.41) is 9.54. The second-order valence-electron chi connectivity index (χ2n) is 7.18. The van der Waals surface area contributed by atoms with Gasteiger partial charge in [-0.2, -0.15) is 0 Å². The Morgan fingerprint density at radius 3 is 2.46 bits per heavy atom. The summed E-state index contributed by atoms with van der Waals surface area (Å²) in [6.07, 6.45) is 3.50. The first-order chi connectivity index (χ1) is 13.5. The molecule has 0 aliphatic heterocycles. The SMILES string of the molecule is Cc1ccc(C(=O)Nc2cc(NC(=O)c3cnoc3C3CC3)ccc2C)cc1. The van der Waals surface area contributed by atoms with Gasteiger partial charge in [-0.1, -0.05) is 28.9 Å². The maximum absolute atomic E-state index is 12.6. The Bertz CT molecular complexity index is 1030.